The van der Waals surface area contributed by atoms with Gasteiger partial charge in [-0.15, -0.1) is 0 Å². The van der Waals surface area contributed by atoms with Gasteiger partial charge in [-0.2, -0.15) is 0 Å². The van der Waals surface area contributed by atoms with E-state index in [9.17, 15) is 9.59 Å². The first-order valence-corrected chi connectivity index (χ1v) is 9.08. The van der Waals surface area contributed by atoms with Crippen molar-refractivity contribution in [2.24, 2.45) is 0 Å². The molecule has 0 saturated carbocycles. The minimum atomic E-state index is -0.290. The molecule has 0 aromatic heterocycles. The van der Waals surface area contributed by atoms with Crippen LogP contribution in [0.25, 0.3) is 0 Å². The molecule has 2 N–H and O–H groups in total. The second kappa shape index (κ2) is 9.12. The summed E-state index contributed by atoms with van der Waals surface area (Å²) in [6, 6.07) is 18.4. The Balaban J connectivity index is 1.66. The van der Waals surface area contributed by atoms with Crippen molar-refractivity contribution >= 4 is 34.8 Å². The molecule has 7 heteroatoms. The average Bonchev–Trinajstić information content (AvgIpc) is 2.74. The first-order chi connectivity index (χ1) is 14.0. The summed E-state index contributed by atoms with van der Waals surface area (Å²) in [7, 11) is 3.04. The Morgan fingerprint density at radius 3 is 1.79 bits per heavy atom. The molecule has 0 atom stereocenters. The van der Waals surface area contributed by atoms with Crippen LogP contribution in [0.2, 0.25) is 5.02 Å². The lowest BCUT2D eigenvalue weighted by Crippen LogP contribution is -2.13. The van der Waals surface area contributed by atoms with Crippen LogP contribution in [0.1, 0.15) is 20.7 Å². The molecule has 0 aliphatic carbocycles. The van der Waals surface area contributed by atoms with Gasteiger partial charge < -0.3 is 20.1 Å². The highest BCUT2D eigenvalue weighted by Gasteiger charge is 2.11. The first kappa shape index (κ1) is 20.2. The molecular formula is C22H19ClN2O4. The highest BCUT2D eigenvalue weighted by molar-refractivity contribution is 6.31. The molecule has 6 nitrogen and oxygen atoms in total. The van der Waals surface area contributed by atoms with Crippen molar-refractivity contribution < 1.29 is 19.1 Å². The molecule has 29 heavy (non-hydrogen) atoms. The number of amides is 2. The second-order valence-electron chi connectivity index (χ2n) is 6.07. The third kappa shape index (κ3) is 5.06. The van der Waals surface area contributed by atoms with Crippen LogP contribution in [-0.2, 0) is 0 Å². The highest BCUT2D eigenvalue weighted by Crippen LogP contribution is 2.28. The Hall–Kier alpha value is -3.51. The van der Waals surface area contributed by atoms with Gasteiger partial charge in [0, 0.05) is 27.5 Å². The van der Waals surface area contributed by atoms with Gasteiger partial charge in [0.1, 0.15) is 0 Å². The normalized spacial score (nSPS) is 10.2. The summed E-state index contributed by atoms with van der Waals surface area (Å²) in [5.74, 6) is 0.458. The van der Waals surface area contributed by atoms with E-state index in [0.29, 0.717) is 39.0 Å². The van der Waals surface area contributed by atoms with Crippen molar-refractivity contribution in [1.82, 2.24) is 0 Å². The van der Waals surface area contributed by atoms with Crippen LogP contribution in [0.15, 0.2) is 66.7 Å². The summed E-state index contributed by atoms with van der Waals surface area (Å²) < 4.78 is 10.4. The highest BCUT2D eigenvalue weighted by atomic mass is 35.5. The molecule has 0 spiro atoms. The average molecular weight is 411 g/mol. The summed E-state index contributed by atoms with van der Waals surface area (Å²) in [6.45, 7) is 0. The van der Waals surface area contributed by atoms with Crippen LogP contribution in [0, 0.1) is 0 Å². The second-order valence-corrected chi connectivity index (χ2v) is 6.50. The van der Waals surface area contributed by atoms with Gasteiger partial charge in [0.05, 0.1) is 14.2 Å². The number of hydrogen-bond acceptors (Lipinski definition) is 4. The molecule has 0 saturated heterocycles. The van der Waals surface area contributed by atoms with Crippen LogP contribution < -0.4 is 20.1 Å². The molecule has 0 bridgehead atoms. The molecule has 0 radical (unpaired) electrons. The van der Waals surface area contributed by atoms with Crippen LogP contribution in [0.3, 0.4) is 0 Å². The fourth-order valence-electron chi connectivity index (χ4n) is 2.65. The zero-order valence-corrected chi connectivity index (χ0v) is 16.6. The minimum Gasteiger partial charge on any atom is -0.493 e. The zero-order chi connectivity index (χ0) is 20.8. The molecule has 3 aromatic rings. The lowest BCUT2D eigenvalue weighted by atomic mass is 10.1. The van der Waals surface area contributed by atoms with E-state index < -0.39 is 0 Å². The van der Waals surface area contributed by atoms with Crippen molar-refractivity contribution in [3.63, 3.8) is 0 Å². The van der Waals surface area contributed by atoms with Crippen molar-refractivity contribution in [1.29, 1.82) is 0 Å². The molecule has 3 rings (SSSR count). The summed E-state index contributed by atoms with van der Waals surface area (Å²) in [5.41, 5.74) is 2.08. The standard InChI is InChI=1S/C22H19ClN2O4/c1-28-19-11-6-15(13-20(19)29-2)22(27)25-18-9-7-17(8-10-18)24-21(26)14-4-3-5-16(23)12-14/h3-13H,1-2H3,(H,24,26)(H,25,27). The number of rotatable bonds is 6. The maximum Gasteiger partial charge on any atom is 0.255 e. The molecule has 0 aliphatic heterocycles. The fraction of sp³-hybridized carbons (Fsp3) is 0.0909. The van der Waals surface area contributed by atoms with Crippen molar-refractivity contribution in [3.8, 4) is 11.5 Å². The summed E-state index contributed by atoms with van der Waals surface area (Å²) in [4.78, 5) is 24.7. The predicted molar refractivity (Wildman–Crippen MR) is 113 cm³/mol. The van der Waals surface area contributed by atoms with Crippen LogP contribution in [0.5, 0.6) is 11.5 Å². The fourth-order valence-corrected chi connectivity index (χ4v) is 2.84. The van der Waals surface area contributed by atoms with E-state index in [0.717, 1.165) is 0 Å². The van der Waals surface area contributed by atoms with Gasteiger partial charge in [0.15, 0.2) is 11.5 Å². The van der Waals surface area contributed by atoms with Gasteiger partial charge in [0.2, 0.25) is 0 Å². The maximum atomic E-state index is 12.5. The molecule has 0 unspecified atom stereocenters. The molecule has 0 heterocycles. The number of ether oxygens (including phenoxy) is 2. The van der Waals surface area contributed by atoms with E-state index in [1.807, 2.05) is 0 Å². The quantitative estimate of drug-likeness (QED) is 0.608. The van der Waals surface area contributed by atoms with E-state index in [1.54, 1.807) is 66.7 Å². The Kier molecular flexibility index (Phi) is 6.36. The number of methoxy groups -OCH3 is 2. The van der Waals surface area contributed by atoms with Gasteiger partial charge in [-0.05, 0) is 60.7 Å². The van der Waals surface area contributed by atoms with Gasteiger partial charge in [-0.3, -0.25) is 9.59 Å². The molecule has 0 fully saturated rings. The Labute approximate surface area is 173 Å². The van der Waals surface area contributed by atoms with E-state index in [-0.39, 0.29) is 11.8 Å². The van der Waals surface area contributed by atoms with E-state index in [4.69, 9.17) is 21.1 Å². The Morgan fingerprint density at radius 2 is 1.28 bits per heavy atom. The molecule has 0 aliphatic rings. The van der Waals surface area contributed by atoms with Gasteiger partial charge in [-0.25, -0.2) is 0 Å². The van der Waals surface area contributed by atoms with E-state index in [1.165, 1.54) is 14.2 Å². The van der Waals surface area contributed by atoms with Gasteiger partial charge >= 0.3 is 0 Å². The van der Waals surface area contributed by atoms with E-state index >= 15 is 0 Å². The van der Waals surface area contributed by atoms with Crippen LogP contribution in [-0.4, -0.2) is 26.0 Å². The smallest absolute Gasteiger partial charge is 0.255 e. The number of carbonyl (C=O) groups excluding carboxylic acids is 2. The number of benzene rings is 3. The number of nitrogens with one attached hydrogen (secondary N) is 2. The molecule has 3 aromatic carbocycles. The van der Waals surface area contributed by atoms with Crippen LogP contribution >= 0.6 is 11.6 Å². The van der Waals surface area contributed by atoms with Gasteiger partial charge in [0.25, 0.3) is 11.8 Å². The topological polar surface area (TPSA) is 76.7 Å². The summed E-state index contributed by atoms with van der Waals surface area (Å²) in [6.07, 6.45) is 0. The maximum absolute atomic E-state index is 12.5. The molecular weight excluding hydrogens is 392 g/mol. The number of carbonyl (C=O) groups is 2. The Bertz CT molecular complexity index is 1040. The predicted octanol–water partition coefficient (Wildman–Crippen LogP) is 4.86. The molecule has 148 valence electrons. The first-order valence-electron chi connectivity index (χ1n) is 8.70. The monoisotopic (exact) mass is 410 g/mol. The SMILES string of the molecule is COc1ccc(C(=O)Nc2ccc(NC(=O)c3cccc(Cl)c3)cc2)cc1OC. The van der Waals surface area contributed by atoms with E-state index in [2.05, 4.69) is 10.6 Å². The number of halogens is 1. The summed E-state index contributed by atoms with van der Waals surface area (Å²) >= 11 is 5.91. The van der Waals surface area contributed by atoms with Crippen LogP contribution in [0.4, 0.5) is 11.4 Å². The van der Waals surface area contributed by atoms with Gasteiger partial charge in [-0.1, -0.05) is 17.7 Å². The van der Waals surface area contributed by atoms with Crippen molar-refractivity contribution in [2.45, 2.75) is 0 Å². The lowest BCUT2D eigenvalue weighted by Gasteiger charge is -2.11. The summed E-state index contributed by atoms with van der Waals surface area (Å²) in [5, 5.41) is 6.08. The van der Waals surface area contributed by atoms with Crippen molar-refractivity contribution in [2.75, 3.05) is 24.9 Å². The third-order valence-corrected chi connectivity index (χ3v) is 4.37. The zero-order valence-electron chi connectivity index (χ0n) is 15.9. The number of hydrogen-bond donors (Lipinski definition) is 2. The Morgan fingerprint density at radius 1 is 0.724 bits per heavy atom. The number of anilines is 2. The minimum absolute atomic E-state index is 0.269. The molecule has 2 amide bonds. The lowest BCUT2D eigenvalue weighted by molar-refractivity contribution is 0.101. The van der Waals surface area contributed by atoms with Crippen molar-refractivity contribution in [3.05, 3.63) is 82.9 Å². The largest absolute Gasteiger partial charge is 0.493 e. The third-order valence-electron chi connectivity index (χ3n) is 4.13.